The van der Waals surface area contributed by atoms with E-state index in [1.165, 1.54) is 17.5 Å². The van der Waals surface area contributed by atoms with E-state index in [-0.39, 0.29) is 5.41 Å². The van der Waals surface area contributed by atoms with Crippen LogP contribution >= 0.6 is 0 Å². The second-order valence-corrected chi connectivity index (χ2v) is 6.31. The maximum atomic E-state index is 4.01. The molecule has 0 heterocycles. The molecule has 3 rings (SSSR count). The van der Waals surface area contributed by atoms with Crippen molar-refractivity contribution in [3.63, 3.8) is 0 Å². The average Bonchev–Trinajstić information content (AvgIpc) is 3.21. The van der Waals surface area contributed by atoms with E-state index in [9.17, 15) is 0 Å². The molecule has 0 bridgehead atoms. The van der Waals surface area contributed by atoms with Gasteiger partial charge in [0.15, 0.2) is 0 Å². The van der Waals surface area contributed by atoms with Gasteiger partial charge in [-0.25, -0.2) is 0 Å². The first kappa shape index (κ1) is 14.1. The van der Waals surface area contributed by atoms with Crippen molar-refractivity contribution in [2.75, 3.05) is 0 Å². The number of rotatable bonds is 6. The van der Waals surface area contributed by atoms with Crippen LogP contribution in [0.25, 0.3) is 0 Å². The average molecular weight is 277 g/mol. The molecule has 2 aromatic carbocycles. The Kier molecular flexibility index (Phi) is 3.94. The molecule has 0 saturated heterocycles. The topological polar surface area (TPSA) is 3.24 Å². The van der Waals surface area contributed by atoms with E-state index in [4.69, 9.17) is 0 Å². The molecule has 1 saturated carbocycles. The van der Waals surface area contributed by atoms with Crippen molar-refractivity contribution in [3.8, 4) is 0 Å². The van der Waals surface area contributed by atoms with E-state index in [2.05, 4.69) is 85.1 Å². The Morgan fingerprint density at radius 2 is 1.48 bits per heavy atom. The van der Waals surface area contributed by atoms with Gasteiger partial charge in [0.05, 0.1) is 0 Å². The standard InChI is InChI=1S/C20H23N/c1-3-20(2)14-19(20)21(15-17-10-6-4-7-11-17)16-18-12-8-5-9-13-18/h3-13,19H,1,14-16H2,2H3/t19-,20+/m0/s1. The molecular weight excluding hydrogens is 254 g/mol. The summed E-state index contributed by atoms with van der Waals surface area (Å²) < 4.78 is 0. The molecule has 0 amide bonds. The summed E-state index contributed by atoms with van der Waals surface area (Å²) >= 11 is 0. The molecule has 1 fully saturated rings. The smallest absolute Gasteiger partial charge is 0.0240 e. The Morgan fingerprint density at radius 3 is 1.86 bits per heavy atom. The third kappa shape index (κ3) is 3.25. The molecule has 1 heteroatoms. The van der Waals surface area contributed by atoms with Gasteiger partial charge in [0.1, 0.15) is 0 Å². The van der Waals surface area contributed by atoms with E-state index < -0.39 is 0 Å². The quantitative estimate of drug-likeness (QED) is 0.694. The van der Waals surface area contributed by atoms with Gasteiger partial charge in [-0.15, -0.1) is 6.58 Å². The molecule has 1 nitrogen and oxygen atoms in total. The van der Waals surface area contributed by atoms with E-state index >= 15 is 0 Å². The second-order valence-electron chi connectivity index (χ2n) is 6.31. The molecule has 108 valence electrons. The summed E-state index contributed by atoms with van der Waals surface area (Å²) in [4.78, 5) is 2.59. The summed E-state index contributed by atoms with van der Waals surface area (Å²) in [5.74, 6) is 0. The monoisotopic (exact) mass is 277 g/mol. The van der Waals surface area contributed by atoms with Gasteiger partial charge in [-0.05, 0) is 17.5 Å². The Bertz CT molecular complexity index is 548. The van der Waals surface area contributed by atoms with Crippen LogP contribution < -0.4 is 0 Å². The molecule has 0 radical (unpaired) electrons. The zero-order valence-corrected chi connectivity index (χ0v) is 12.7. The Balaban J connectivity index is 1.77. The highest BCUT2D eigenvalue weighted by Gasteiger charge is 2.50. The van der Waals surface area contributed by atoms with E-state index in [1.807, 2.05) is 0 Å². The molecule has 0 N–H and O–H groups in total. The van der Waals surface area contributed by atoms with Crippen molar-refractivity contribution in [2.24, 2.45) is 5.41 Å². The summed E-state index contributed by atoms with van der Waals surface area (Å²) in [5, 5.41) is 0. The van der Waals surface area contributed by atoms with Crippen LogP contribution in [0, 0.1) is 5.41 Å². The lowest BCUT2D eigenvalue weighted by Gasteiger charge is -2.24. The largest absolute Gasteiger partial charge is 0.291 e. The molecule has 1 aliphatic carbocycles. The van der Waals surface area contributed by atoms with Crippen LogP contribution in [-0.2, 0) is 13.1 Å². The fraction of sp³-hybridized carbons (Fsp3) is 0.300. The number of hydrogen-bond acceptors (Lipinski definition) is 1. The summed E-state index contributed by atoms with van der Waals surface area (Å²) in [6, 6.07) is 22.1. The maximum absolute atomic E-state index is 4.01. The predicted octanol–water partition coefficient (Wildman–Crippen LogP) is 4.65. The summed E-state index contributed by atoms with van der Waals surface area (Å²) in [6.07, 6.45) is 3.34. The van der Waals surface area contributed by atoms with Crippen LogP contribution in [0.2, 0.25) is 0 Å². The number of nitrogens with zero attached hydrogens (tertiary/aromatic N) is 1. The predicted molar refractivity (Wildman–Crippen MR) is 88.8 cm³/mol. The molecule has 0 aliphatic heterocycles. The van der Waals surface area contributed by atoms with Gasteiger partial charge in [0.25, 0.3) is 0 Å². The summed E-state index contributed by atoms with van der Waals surface area (Å²) in [6.45, 7) is 8.34. The SMILES string of the molecule is C=C[C@]1(C)C[C@@H]1N(Cc1ccccc1)Cc1ccccc1. The molecule has 21 heavy (non-hydrogen) atoms. The van der Waals surface area contributed by atoms with E-state index in [1.54, 1.807) is 0 Å². The minimum atomic E-state index is 0.281. The highest BCUT2D eigenvalue weighted by atomic mass is 15.2. The first-order valence-corrected chi connectivity index (χ1v) is 7.67. The lowest BCUT2D eigenvalue weighted by atomic mass is 10.1. The van der Waals surface area contributed by atoms with Crippen LogP contribution in [0.4, 0.5) is 0 Å². The van der Waals surface area contributed by atoms with Crippen molar-refractivity contribution in [2.45, 2.75) is 32.5 Å². The fourth-order valence-electron chi connectivity index (χ4n) is 3.04. The van der Waals surface area contributed by atoms with Crippen molar-refractivity contribution in [1.29, 1.82) is 0 Å². The van der Waals surface area contributed by atoms with E-state index in [0.29, 0.717) is 6.04 Å². The highest BCUT2D eigenvalue weighted by molar-refractivity contribution is 5.21. The van der Waals surface area contributed by atoms with Crippen LogP contribution in [0.15, 0.2) is 73.3 Å². The third-order valence-corrected chi connectivity index (χ3v) is 4.60. The molecule has 0 aromatic heterocycles. The van der Waals surface area contributed by atoms with Gasteiger partial charge in [-0.1, -0.05) is 73.7 Å². The Hall–Kier alpha value is -1.86. The number of hydrogen-bond donors (Lipinski definition) is 0. The van der Waals surface area contributed by atoms with Crippen LogP contribution in [0.1, 0.15) is 24.5 Å². The van der Waals surface area contributed by atoms with Gasteiger partial charge in [0.2, 0.25) is 0 Å². The first-order chi connectivity index (χ1) is 10.2. The normalized spacial score (nSPS) is 24.0. The maximum Gasteiger partial charge on any atom is 0.0240 e. The van der Waals surface area contributed by atoms with Gasteiger partial charge in [0, 0.05) is 24.5 Å². The zero-order valence-electron chi connectivity index (χ0n) is 12.7. The third-order valence-electron chi connectivity index (χ3n) is 4.60. The van der Waals surface area contributed by atoms with Gasteiger partial charge in [-0.2, -0.15) is 0 Å². The minimum Gasteiger partial charge on any atom is -0.291 e. The van der Waals surface area contributed by atoms with Crippen LogP contribution in [0.5, 0.6) is 0 Å². The zero-order chi connectivity index (χ0) is 14.7. The van der Waals surface area contributed by atoms with Crippen molar-refractivity contribution in [1.82, 2.24) is 4.90 Å². The highest BCUT2D eigenvalue weighted by Crippen LogP contribution is 2.50. The molecule has 2 aromatic rings. The van der Waals surface area contributed by atoms with Crippen molar-refractivity contribution in [3.05, 3.63) is 84.4 Å². The molecule has 0 unspecified atom stereocenters. The summed E-state index contributed by atoms with van der Waals surface area (Å²) in [5.41, 5.74) is 3.04. The van der Waals surface area contributed by atoms with Gasteiger partial charge < -0.3 is 0 Å². The fourth-order valence-corrected chi connectivity index (χ4v) is 3.04. The van der Waals surface area contributed by atoms with Gasteiger partial charge >= 0.3 is 0 Å². The minimum absolute atomic E-state index is 0.281. The molecular formula is C20H23N. The molecule has 1 aliphatic rings. The van der Waals surface area contributed by atoms with Crippen LogP contribution in [-0.4, -0.2) is 10.9 Å². The van der Waals surface area contributed by atoms with Crippen molar-refractivity contribution < 1.29 is 0 Å². The Morgan fingerprint density at radius 1 is 1.00 bits per heavy atom. The Labute approximate surface area is 127 Å². The summed E-state index contributed by atoms with van der Waals surface area (Å²) in [7, 11) is 0. The first-order valence-electron chi connectivity index (χ1n) is 7.67. The second kappa shape index (κ2) is 5.87. The molecule has 0 spiro atoms. The molecule has 2 atom stereocenters. The number of benzene rings is 2. The van der Waals surface area contributed by atoms with E-state index in [0.717, 1.165) is 13.1 Å². The lowest BCUT2D eigenvalue weighted by Crippen LogP contribution is -2.28. The van der Waals surface area contributed by atoms with Gasteiger partial charge in [-0.3, -0.25) is 4.90 Å². The lowest BCUT2D eigenvalue weighted by molar-refractivity contribution is 0.224. The van der Waals surface area contributed by atoms with Crippen LogP contribution in [0.3, 0.4) is 0 Å². The van der Waals surface area contributed by atoms with Crippen molar-refractivity contribution >= 4 is 0 Å².